The van der Waals surface area contributed by atoms with Crippen LogP contribution in [0.5, 0.6) is 0 Å². The molecule has 1 aliphatic heterocycles. The van der Waals surface area contributed by atoms with E-state index in [0.29, 0.717) is 31.4 Å². The standard InChI is InChI=1S/C38H45NO3/c1-27-9-8-20-37(2)35(18-21-38(37,42)26-39-22-19-29-10-6-7-13-31(29)25-39)33-17-15-28(23-32(40)16-14-27)24-34(33)36(41)30-11-4-3-5-12-30/h3-7,9-13,15,17,24,32,35,40,42H,8,14,16,18-23,25-26H2,1-2H3. The zero-order valence-electron chi connectivity index (χ0n) is 25.2. The number of carbonyl (C=O) groups excluding carboxylic acids is 1. The van der Waals surface area contributed by atoms with Gasteiger partial charge in [0.15, 0.2) is 5.78 Å². The second-order valence-corrected chi connectivity index (χ2v) is 13.4. The van der Waals surface area contributed by atoms with E-state index in [4.69, 9.17) is 0 Å². The summed E-state index contributed by atoms with van der Waals surface area (Å²) in [6.45, 7) is 6.91. The molecule has 3 aliphatic carbocycles. The van der Waals surface area contributed by atoms with Crippen LogP contribution in [0.4, 0.5) is 0 Å². The van der Waals surface area contributed by atoms with Crippen LogP contribution in [-0.2, 0) is 19.4 Å². The summed E-state index contributed by atoms with van der Waals surface area (Å²) in [5.74, 6) is 0.0769. The lowest BCUT2D eigenvalue weighted by atomic mass is 9.64. The summed E-state index contributed by atoms with van der Waals surface area (Å²) in [5, 5.41) is 23.5. The van der Waals surface area contributed by atoms with Crippen molar-refractivity contribution in [1.29, 1.82) is 0 Å². The van der Waals surface area contributed by atoms with E-state index < -0.39 is 17.1 Å². The number of rotatable bonds is 4. The predicted octanol–water partition coefficient (Wildman–Crippen LogP) is 7.01. The Balaban J connectivity index is 1.40. The van der Waals surface area contributed by atoms with Gasteiger partial charge in [0.05, 0.1) is 11.7 Å². The summed E-state index contributed by atoms with van der Waals surface area (Å²) in [7, 11) is 0. The molecule has 0 spiro atoms. The smallest absolute Gasteiger partial charge is 0.193 e. The number of ketones is 1. The van der Waals surface area contributed by atoms with E-state index >= 15 is 0 Å². The molecule has 4 atom stereocenters. The molecule has 4 aliphatic rings. The lowest BCUT2D eigenvalue weighted by Gasteiger charge is -2.47. The van der Waals surface area contributed by atoms with Crippen LogP contribution >= 0.6 is 0 Å². The van der Waals surface area contributed by atoms with Crippen molar-refractivity contribution >= 4 is 5.78 Å². The Labute approximate surface area is 251 Å². The Morgan fingerprint density at radius 1 is 0.952 bits per heavy atom. The molecule has 220 valence electrons. The van der Waals surface area contributed by atoms with Crippen molar-refractivity contribution in [3.8, 4) is 0 Å². The summed E-state index contributed by atoms with van der Waals surface area (Å²) < 4.78 is 0. The van der Waals surface area contributed by atoms with E-state index in [0.717, 1.165) is 61.9 Å². The van der Waals surface area contributed by atoms with Crippen LogP contribution in [-0.4, -0.2) is 45.7 Å². The number of allylic oxidation sites excluding steroid dienone is 2. The first-order chi connectivity index (χ1) is 20.3. The van der Waals surface area contributed by atoms with Crippen LogP contribution in [0.25, 0.3) is 0 Å². The Bertz CT molecular complexity index is 1460. The molecule has 0 amide bonds. The van der Waals surface area contributed by atoms with Gasteiger partial charge in [-0.3, -0.25) is 9.69 Å². The number of aliphatic hydroxyl groups is 2. The van der Waals surface area contributed by atoms with Crippen LogP contribution in [0, 0.1) is 5.41 Å². The molecule has 3 aromatic rings. The van der Waals surface area contributed by atoms with Crippen molar-refractivity contribution in [2.75, 3.05) is 13.1 Å². The van der Waals surface area contributed by atoms with Gasteiger partial charge in [-0.25, -0.2) is 0 Å². The maximum atomic E-state index is 14.1. The highest BCUT2D eigenvalue weighted by molar-refractivity contribution is 6.10. The SMILES string of the molecule is CC1=CCCC2(C)C(CCC2(O)CN2CCc3ccccc3C2)c2ccc(cc2C(=O)c2ccccc2)CC(O)CC1. The summed E-state index contributed by atoms with van der Waals surface area (Å²) in [6, 6.07) is 24.5. The van der Waals surface area contributed by atoms with Gasteiger partial charge >= 0.3 is 0 Å². The summed E-state index contributed by atoms with van der Waals surface area (Å²) in [5.41, 5.74) is 6.25. The highest BCUT2D eigenvalue weighted by atomic mass is 16.3. The van der Waals surface area contributed by atoms with Gasteiger partial charge in [0.1, 0.15) is 0 Å². The molecular formula is C38H45NO3. The fourth-order valence-corrected chi connectivity index (χ4v) is 8.00. The van der Waals surface area contributed by atoms with Gasteiger partial charge in [-0.1, -0.05) is 85.3 Å². The average Bonchev–Trinajstić information content (AvgIpc) is 3.25. The molecule has 4 heteroatoms. The topological polar surface area (TPSA) is 60.8 Å². The predicted molar refractivity (Wildman–Crippen MR) is 169 cm³/mol. The normalized spacial score (nSPS) is 28.4. The Hall–Kier alpha value is -3.05. The van der Waals surface area contributed by atoms with Gasteiger partial charge in [0.2, 0.25) is 0 Å². The molecule has 4 nitrogen and oxygen atoms in total. The number of β-amino-alcohol motifs (C(OH)–C–C–N with tert-alkyl or cyclic N) is 1. The number of fused-ring (bicyclic) bond motifs is 9. The second kappa shape index (κ2) is 11.9. The van der Waals surface area contributed by atoms with Gasteiger partial charge in [-0.15, -0.1) is 0 Å². The molecule has 4 unspecified atom stereocenters. The zero-order chi connectivity index (χ0) is 29.3. The number of aliphatic hydroxyl groups excluding tert-OH is 1. The van der Waals surface area contributed by atoms with Gasteiger partial charge in [-0.2, -0.15) is 0 Å². The fourth-order valence-electron chi connectivity index (χ4n) is 8.00. The zero-order valence-corrected chi connectivity index (χ0v) is 25.2. The van der Waals surface area contributed by atoms with E-state index in [1.54, 1.807) is 0 Å². The monoisotopic (exact) mass is 563 g/mol. The van der Waals surface area contributed by atoms with Crippen LogP contribution in [0.2, 0.25) is 0 Å². The van der Waals surface area contributed by atoms with Crippen molar-refractivity contribution in [2.45, 2.75) is 89.4 Å². The summed E-state index contributed by atoms with van der Waals surface area (Å²) in [6.07, 6.45) is 8.25. The molecule has 1 saturated carbocycles. The van der Waals surface area contributed by atoms with Gasteiger partial charge in [0.25, 0.3) is 0 Å². The highest BCUT2D eigenvalue weighted by Crippen LogP contribution is 2.59. The fraction of sp³-hybridized carbons (Fsp3) is 0.447. The van der Waals surface area contributed by atoms with E-state index in [-0.39, 0.29) is 11.7 Å². The van der Waals surface area contributed by atoms with E-state index in [9.17, 15) is 15.0 Å². The van der Waals surface area contributed by atoms with E-state index in [1.807, 2.05) is 36.4 Å². The van der Waals surface area contributed by atoms with Crippen molar-refractivity contribution in [1.82, 2.24) is 4.90 Å². The van der Waals surface area contributed by atoms with Crippen LogP contribution in [0.3, 0.4) is 0 Å². The minimum atomic E-state index is -0.870. The highest BCUT2D eigenvalue weighted by Gasteiger charge is 2.57. The third kappa shape index (κ3) is 5.65. The number of hydrogen-bond acceptors (Lipinski definition) is 4. The maximum Gasteiger partial charge on any atom is 0.193 e. The van der Waals surface area contributed by atoms with Crippen LogP contribution in [0.1, 0.15) is 96.5 Å². The van der Waals surface area contributed by atoms with Gasteiger partial charge < -0.3 is 10.2 Å². The lowest BCUT2D eigenvalue weighted by Crippen LogP contribution is -2.53. The molecule has 0 radical (unpaired) electrons. The third-order valence-corrected chi connectivity index (χ3v) is 10.6. The molecule has 3 aromatic carbocycles. The number of carbonyl (C=O) groups is 1. The Kier molecular flexibility index (Phi) is 8.24. The minimum absolute atomic E-state index is 0.0233. The quantitative estimate of drug-likeness (QED) is 0.265. The van der Waals surface area contributed by atoms with Crippen LogP contribution in [0.15, 0.2) is 84.4 Å². The maximum absolute atomic E-state index is 14.1. The Morgan fingerprint density at radius 2 is 1.71 bits per heavy atom. The van der Waals surface area contributed by atoms with Crippen molar-refractivity contribution in [3.05, 3.63) is 118 Å². The molecule has 0 aromatic heterocycles. The largest absolute Gasteiger partial charge is 0.393 e. The third-order valence-electron chi connectivity index (χ3n) is 10.6. The first-order valence-electron chi connectivity index (χ1n) is 15.8. The van der Waals surface area contributed by atoms with E-state index in [1.165, 1.54) is 16.7 Å². The molecule has 0 saturated heterocycles. The molecule has 42 heavy (non-hydrogen) atoms. The average molecular weight is 564 g/mol. The molecule has 2 bridgehead atoms. The second-order valence-electron chi connectivity index (χ2n) is 13.4. The molecular weight excluding hydrogens is 518 g/mol. The number of benzene rings is 3. The lowest BCUT2D eigenvalue weighted by molar-refractivity contribution is -0.0856. The van der Waals surface area contributed by atoms with Crippen molar-refractivity contribution in [3.63, 3.8) is 0 Å². The molecule has 1 heterocycles. The Morgan fingerprint density at radius 3 is 2.52 bits per heavy atom. The number of hydrogen-bond donors (Lipinski definition) is 2. The minimum Gasteiger partial charge on any atom is -0.393 e. The molecule has 1 fully saturated rings. The molecule has 2 N–H and O–H groups in total. The van der Waals surface area contributed by atoms with Gasteiger partial charge in [0, 0.05) is 36.2 Å². The number of nitrogens with zero attached hydrogens (tertiary/aromatic N) is 1. The van der Waals surface area contributed by atoms with Crippen molar-refractivity contribution < 1.29 is 15.0 Å². The van der Waals surface area contributed by atoms with Crippen molar-refractivity contribution in [2.24, 2.45) is 5.41 Å². The van der Waals surface area contributed by atoms with Gasteiger partial charge in [-0.05, 0) is 92.5 Å². The first-order valence-corrected chi connectivity index (χ1v) is 15.8. The van der Waals surface area contributed by atoms with E-state index in [2.05, 4.69) is 61.2 Å². The molecule has 7 rings (SSSR count). The summed E-state index contributed by atoms with van der Waals surface area (Å²) >= 11 is 0. The summed E-state index contributed by atoms with van der Waals surface area (Å²) in [4.78, 5) is 16.5. The van der Waals surface area contributed by atoms with Crippen LogP contribution < -0.4 is 0 Å². The first kappa shape index (κ1) is 29.0.